The van der Waals surface area contributed by atoms with E-state index >= 15 is 0 Å². The van der Waals surface area contributed by atoms with Crippen LogP contribution in [-0.2, 0) is 17.5 Å². The van der Waals surface area contributed by atoms with Gasteiger partial charge in [0.05, 0.1) is 22.8 Å². The van der Waals surface area contributed by atoms with E-state index in [9.17, 15) is 18.0 Å². The Morgan fingerprint density at radius 3 is 2.74 bits per heavy atom. The molecule has 8 heteroatoms. The molecule has 0 radical (unpaired) electrons. The lowest BCUT2D eigenvalue weighted by atomic mass is 10.1. The molecule has 0 bridgehead atoms. The molecule has 1 amide bonds. The Balaban J connectivity index is 2.00. The van der Waals surface area contributed by atoms with E-state index in [0.29, 0.717) is 11.5 Å². The summed E-state index contributed by atoms with van der Waals surface area (Å²) < 4.78 is 43.1. The van der Waals surface area contributed by atoms with Gasteiger partial charge in [0.25, 0.3) is 0 Å². The summed E-state index contributed by atoms with van der Waals surface area (Å²) in [6, 6.07) is 5.07. The Morgan fingerprint density at radius 2 is 2.13 bits per heavy atom. The van der Waals surface area contributed by atoms with Crippen molar-refractivity contribution in [2.24, 2.45) is 0 Å². The van der Waals surface area contributed by atoms with Gasteiger partial charge in [0.15, 0.2) is 5.76 Å². The van der Waals surface area contributed by atoms with Gasteiger partial charge in [-0.05, 0) is 30.7 Å². The molecule has 1 heterocycles. The van der Waals surface area contributed by atoms with Gasteiger partial charge in [-0.3, -0.25) is 4.79 Å². The number of hydrogen-bond acceptors (Lipinski definition) is 3. The number of carbonyl (C=O) groups is 1. The molecule has 0 unspecified atom stereocenters. The van der Waals surface area contributed by atoms with Crippen LogP contribution in [0.3, 0.4) is 0 Å². The second-order valence-corrected chi connectivity index (χ2v) is 5.13. The predicted molar refractivity (Wildman–Crippen MR) is 78.6 cm³/mol. The molecular formula is C15H12ClF3N2O2. The number of benzene rings is 1. The number of amides is 1. The quantitative estimate of drug-likeness (QED) is 0.853. The van der Waals surface area contributed by atoms with Gasteiger partial charge in [0.2, 0.25) is 5.91 Å². The first-order valence-electron chi connectivity index (χ1n) is 6.50. The molecule has 2 aromatic rings. The zero-order valence-electron chi connectivity index (χ0n) is 11.9. The Hall–Kier alpha value is -2.28. The number of nitrogens with zero attached hydrogens (tertiary/aromatic N) is 1. The van der Waals surface area contributed by atoms with Gasteiger partial charge in [-0.2, -0.15) is 13.2 Å². The third-order valence-electron chi connectivity index (χ3n) is 2.84. The molecular weight excluding hydrogens is 333 g/mol. The molecule has 4 nitrogen and oxygen atoms in total. The number of nitrogens with one attached hydrogen (secondary N) is 1. The first-order valence-corrected chi connectivity index (χ1v) is 6.88. The van der Waals surface area contributed by atoms with Gasteiger partial charge in [-0.25, -0.2) is 0 Å². The minimum Gasteiger partial charge on any atom is -0.359 e. The Labute approximate surface area is 134 Å². The van der Waals surface area contributed by atoms with Crippen molar-refractivity contribution in [3.8, 4) is 0 Å². The molecule has 122 valence electrons. The van der Waals surface area contributed by atoms with Crippen molar-refractivity contribution in [1.82, 2.24) is 10.5 Å². The van der Waals surface area contributed by atoms with Crippen LogP contribution in [0, 0.1) is 6.92 Å². The van der Waals surface area contributed by atoms with Gasteiger partial charge in [0.1, 0.15) is 0 Å². The minimum absolute atomic E-state index is 0.137. The number of carbonyl (C=O) groups excluding carboxylic acids is 1. The Bertz CT molecular complexity index is 739. The van der Waals surface area contributed by atoms with Crippen LogP contribution < -0.4 is 5.32 Å². The molecule has 0 atom stereocenters. The van der Waals surface area contributed by atoms with Crippen LogP contribution in [0.15, 0.2) is 34.9 Å². The van der Waals surface area contributed by atoms with Gasteiger partial charge >= 0.3 is 6.18 Å². The van der Waals surface area contributed by atoms with Gasteiger partial charge in [-0.1, -0.05) is 22.8 Å². The van der Waals surface area contributed by atoms with Crippen molar-refractivity contribution >= 4 is 23.6 Å². The number of rotatable bonds is 4. The van der Waals surface area contributed by atoms with Crippen molar-refractivity contribution < 1.29 is 22.5 Å². The number of hydrogen-bond donors (Lipinski definition) is 1. The summed E-state index contributed by atoms with van der Waals surface area (Å²) in [6.07, 6.45) is -2.15. The smallest absolute Gasteiger partial charge is 0.359 e. The summed E-state index contributed by atoms with van der Waals surface area (Å²) in [5.41, 5.74) is -0.0446. The molecule has 0 aliphatic carbocycles. The lowest BCUT2D eigenvalue weighted by molar-refractivity contribution is -0.137. The van der Waals surface area contributed by atoms with Crippen LogP contribution in [0.4, 0.5) is 13.2 Å². The summed E-state index contributed by atoms with van der Waals surface area (Å²) in [7, 11) is 0. The summed E-state index contributed by atoms with van der Waals surface area (Å²) >= 11 is 5.52. The maximum Gasteiger partial charge on any atom is 0.417 e. The van der Waals surface area contributed by atoms with Crippen LogP contribution in [0.5, 0.6) is 0 Å². The molecule has 2 rings (SSSR count). The Morgan fingerprint density at radius 1 is 1.39 bits per heavy atom. The fourth-order valence-corrected chi connectivity index (χ4v) is 1.99. The molecule has 0 aliphatic heterocycles. The van der Waals surface area contributed by atoms with Crippen LogP contribution in [0.1, 0.15) is 22.6 Å². The van der Waals surface area contributed by atoms with E-state index in [2.05, 4.69) is 10.5 Å². The normalized spacial score (nSPS) is 11.9. The highest BCUT2D eigenvalue weighted by molar-refractivity contribution is 6.31. The van der Waals surface area contributed by atoms with Crippen LogP contribution in [0.2, 0.25) is 5.02 Å². The average Bonchev–Trinajstić information content (AvgIpc) is 2.88. The van der Waals surface area contributed by atoms with Crippen LogP contribution in [-0.4, -0.2) is 11.1 Å². The van der Waals surface area contributed by atoms with E-state index in [1.54, 1.807) is 13.0 Å². The van der Waals surface area contributed by atoms with E-state index in [1.165, 1.54) is 12.1 Å². The van der Waals surface area contributed by atoms with E-state index < -0.39 is 17.6 Å². The maximum absolute atomic E-state index is 12.7. The van der Waals surface area contributed by atoms with Crippen molar-refractivity contribution in [1.29, 1.82) is 0 Å². The SMILES string of the molecule is Cc1cc(CNC(=O)C=Cc2ccc(Cl)c(C(F)(F)F)c2)on1. The molecule has 23 heavy (non-hydrogen) atoms. The van der Waals surface area contributed by atoms with E-state index in [-0.39, 0.29) is 17.1 Å². The first-order chi connectivity index (χ1) is 10.8. The van der Waals surface area contributed by atoms with Gasteiger partial charge in [-0.15, -0.1) is 0 Å². The standard InChI is InChI=1S/C15H12ClF3N2O2/c1-9-6-11(23-21-9)8-20-14(22)5-3-10-2-4-13(16)12(7-10)15(17,18)19/h2-7H,8H2,1H3,(H,20,22). The largest absolute Gasteiger partial charge is 0.417 e. The molecule has 0 fully saturated rings. The van der Waals surface area contributed by atoms with E-state index in [1.807, 2.05) is 0 Å². The van der Waals surface area contributed by atoms with Crippen molar-refractivity contribution in [3.63, 3.8) is 0 Å². The van der Waals surface area contributed by atoms with Crippen molar-refractivity contribution in [2.75, 3.05) is 0 Å². The Kier molecular flexibility index (Phi) is 5.10. The number of aromatic nitrogens is 1. The molecule has 0 saturated carbocycles. The zero-order chi connectivity index (χ0) is 17.0. The first kappa shape index (κ1) is 17.1. The number of halogens is 4. The maximum atomic E-state index is 12.7. The highest BCUT2D eigenvalue weighted by Gasteiger charge is 2.33. The number of aryl methyl sites for hydroxylation is 1. The van der Waals surface area contributed by atoms with Crippen LogP contribution in [0.25, 0.3) is 6.08 Å². The highest BCUT2D eigenvalue weighted by atomic mass is 35.5. The second-order valence-electron chi connectivity index (χ2n) is 4.72. The molecule has 0 aliphatic rings. The summed E-state index contributed by atoms with van der Waals surface area (Å²) in [5, 5.41) is 5.81. The molecule has 0 saturated heterocycles. The summed E-state index contributed by atoms with van der Waals surface area (Å²) in [5.74, 6) is 0.0117. The van der Waals surface area contributed by atoms with Crippen LogP contribution >= 0.6 is 11.6 Å². The predicted octanol–water partition coefficient (Wildman–Crippen LogP) is 3.98. The fraction of sp³-hybridized carbons (Fsp3) is 0.200. The third kappa shape index (κ3) is 4.85. The second kappa shape index (κ2) is 6.87. The highest BCUT2D eigenvalue weighted by Crippen LogP contribution is 2.35. The minimum atomic E-state index is -4.55. The lowest BCUT2D eigenvalue weighted by Gasteiger charge is -2.09. The van der Waals surface area contributed by atoms with E-state index in [0.717, 1.165) is 18.2 Å². The fourth-order valence-electron chi connectivity index (χ4n) is 1.77. The summed E-state index contributed by atoms with van der Waals surface area (Å²) in [6.45, 7) is 1.88. The summed E-state index contributed by atoms with van der Waals surface area (Å²) in [4.78, 5) is 11.6. The van der Waals surface area contributed by atoms with E-state index in [4.69, 9.17) is 16.1 Å². The molecule has 1 aromatic heterocycles. The monoisotopic (exact) mass is 344 g/mol. The topological polar surface area (TPSA) is 55.1 Å². The van der Waals surface area contributed by atoms with Gasteiger partial charge < -0.3 is 9.84 Å². The average molecular weight is 345 g/mol. The molecule has 0 spiro atoms. The van der Waals surface area contributed by atoms with Crippen molar-refractivity contribution in [3.05, 3.63) is 57.9 Å². The third-order valence-corrected chi connectivity index (χ3v) is 3.17. The zero-order valence-corrected chi connectivity index (χ0v) is 12.7. The molecule has 1 aromatic carbocycles. The van der Waals surface area contributed by atoms with Crippen molar-refractivity contribution in [2.45, 2.75) is 19.6 Å². The number of alkyl halides is 3. The van der Waals surface area contributed by atoms with Gasteiger partial charge in [0, 0.05) is 12.1 Å². The lowest BCUT2D eigenvalue weighted by Crippen LogP contribution is -2.19. The molecule has 1 N–H and O–H groups in total.